The zero-order valence-corrected chi connectivity index (χ0v) is 35.7. The second-order valence-corrected chi connectivity index (χ2v) is 16.0. The lowest BCUT2D eigenvalue weighted by atomic mass is 10.1. The Morgan fingerprint density at radius 1 is 0.649 bits per heavy atom. The number of esters is 2. The zero-order valence-electron chi connectivity index (χ0n) is 34.9. The number of carbonyl (C=O) groups is 3. The Kier molecular flexibility index (Phi) is 32.1. The van der Waals surface area contributed by atoms with Crippen molar-refractivity contribution in [3.8, 4) is 0 Å². The van der Waals surface area contributed by atoms with Crippen molar-refractivity contribution in [1.82, 2.24) is 0 Å². The summed E-state index contributed by atoms with van der Waals surface area (Å²) in [7, 11) is -4.74. The number of carboxylic acid groups (broad SMARTS) is 1. The van der Waals surface area contributed by atoms with Gasteiger partial charge in [0.25, 0.3) is 0 Å². The second-order valence-electron chi connectivity index (χ2n) is 14.5. The van der Waals surface area contributed by atoms with Gasteiger partial charge in [0.05, 0.1) is 25.4 Å². The van der Waals surface area contributed by atoms with E-state index in [1.807, 2.05) is 12.2 Å². The van der Waals surface area contributed by atoms with Crippen LogP contribution in [0.1, 0.15) is 155 Å². The Morgan fingerprint density at radius 3 is 1.82 bits per heavy atom. The Balaban J connectivity index is 2.34. The highest BCUT2D eigenvalue weighted by Crippen LogP contribution is 2.43. The molecule has 5 atom stereocenters. The average Bonchev–Trinajstić information content (AvgIpc) is 3.94. The van der Waals surface area contributed by atoms with Gasteiger partial charge in [0.15, 0.2) is 6.10 Å². The minimum Gasteiger partial charge on any atom is -0.480 e. The Hall–Kier alpha value is -2.86. The van der Waals surface area contributed by atoms with Gasteiger partial charge in [-0.15, -0.1) is 0 Å². The SMILES string of the molecule is CCCCC/C=C\C/C=C\CCCCCCCC(=O)O[C@H](COC(=O)CCC/C=C\C/C=C\C/C=C\CC1OC1CCCCC)COP(=O)(O)OC[C@H](N)C(=O)O. The molecule has 0 amide bonds. The highest BCUT2D eigenvalue weighted by Gasteiger charge is 2.36. The molecule has 0 radical (unpaired) electrons. The summed E-state index contributed by atoms with van der Waals surface area (Å²) < 4.78 is 38.3. The van der Waals surface area contributed by atoms with Gasteiger partial charge in [-0.3, -0.25) is 23.4 Å². The predicted molar refractivity (Wildman–Crippen MR) is 225 cm³/mol. The molecule has 4 N–H and O–H groups in total. The van der Waals surface area contributed by atoms with Gasteiger partial charge in [0.1, 0.15) is 12.6 Å². The minimum absolute atomic E-state index is 0.128. The van der Waals surface area contributed by atoms with Crippen molar-refractivity contribution in [3.05, 3.63) is 60.8 Å². The molecule has 0 aromatic carbocycles. The van der Waals surface area contributed by atoms with Crippen molar-refractivity contribution < 1.29 is 52.2 Å². The quantitative estimate of drug-likeness (QED) is 0.0176. The summed E-state index contributed by atoms with van der Waals surface area (Å²) in [5.41, 5.74) is 5.33. The number of carboxylic acids is 1. The van der Waals surface area contributed by atoms with Gasteiger partial charge in [-0.2, -0.15) is 0 Å². The Labute approximate surface area is 343 Å². The van der Waals surface area contributed by atoms with Gasteiger partial charge in [0.2, 0.25) is 0 Å². The number of phosphoric acid groups is 1. The van der Waals surface area contributed by atoms with Crippen LogP contribution >= 0.6 is 7.82 Å². The van der Waals surface area contributed by atoms with E-state index >= 15 is 0 Å². The number of allylic oxidation sites excluding steroid dienone is 9. The molecule has 1 aliphatic rings. The number of phosphoric ester groups is 1. The lowest BCUT2D eigenvalue weighted by Crippen LogP contribution is -2.34. The summed E-state index contributed by atoms with van der Waals surface area (Å²) in [5.74, 6) is -2.48. The van der Waals surface area contributed by atoms with E-state index in [9.17, 15) is 23.8 Å². The third-order valence-electron chi connectivity index (χ3n) is 9.16. The number of aliphatic carboxylic acids is 1. The summed E-state index contributed by atoms with van der Waals surface area (Å²) in [5, 5.41) is 8.88. The maximum atomic E-state index is 12.6. The molecule has 1 saturated heterocycles. The molecule has 0 bridgehead atoms. The van der Waals surface area contributed by atoms with Crippen LogP contribution in [0.25, 0.3) is 0 Å². The number of epoxide rings is 1. The first-order valence-electron chi connectivity index (χ1n) is 21.4. The van der Waals surface area contributed by atoms with Gasteiger partial charge in [0, 0.05) is 12.8 Å². The van der Waals surface area contributed by atoms with Crippen molar-refractivity contribution in [3.63, 3.8) is 0 Å². The fraction of sp³-hybridized carbons (Fsp3) is 0.705. The molecule has 0 spiro atoms. The lowest BCUT2D eigenvalue weighted by molar-refractivity contribution is -0.161. The Morgan fingerprint density at radius 2 is 1.18 bits per heavy atom. The van der Waals surface area contributed by atoms with E-state index in [4.69, 9.17) is 29.6 Å². The van der Waals surface area contributed by atoms with E-state index < -0.39 is 51.1 Å². The number of carbonyl (C=O) groups excluding carboxylic acids is 2. The second kappa shape index (κ2) is 35.1. The van der Waals surface area contributed by atoms with Crippen molar-refractivity contribution in [2.24, 2.45) is 5.73 Å². The highest BCUT2D eigenvalue weighted by atomic mass is 31.2. The molecule has 1 heterocycles. The minimum atomic E-state index is -4.74. The number of ether oxygens (including phenoxy) is 3. The number of hydrogen-bond acceptors (Lipinski definition) is 10. The van der Waals surface area contributed by atoms with E-state index in [1.54, 1.807) is 0 Å². The van der Waals surface area contributed by atoms with Gasteiger partial charge >= 0.3 is 25.7 Å². The maximum absolute atomic E-state index is 12.6. The molecule has 1 rings (SSSR count). The van der Waals surface area contributed by atoms with Gasteiger partial charge in [-0.25, -0.2) is 4.57 Å². The van der Waals surface area contributed by atoms with E-state index in [2.05, 4.69) is 67.0 Å². The van der Waals surface area contributed by atoms with Crippen LogP contribution < -0.4 is 5.73 Å². The number of rotatable bonds is 38. The monoisotopic (exact) mass is 823 g/mol. The fourth-order valence-corrected chi connectivity index (χ4v) is 6.43. The van der Waals surface area contributed by atoms with Crippen LogP contribution in [0.4, 0.5) is 0 Å². The standard InChI is InChI=1S/C44H74NO11P/c1-3-5-7-8-9-10-11-12-13-14-15-20-23-26-30-34-43(47)55-38(36-53-57(50,51)54-37-39(45)44(48)49)35-52-42(46)33-29-25-22-19-17-16-18-21-24-28-32-41-40(56-41)31-27-6-4-2/h9-10,12-13,16,18-19,22,24,28,38-41H,3-8,11,14-15,17,20-21,23,25-27,29-37,45H2,1-2H3,(H,48,49)(H,50,51)/b10-9-,13-12-,18-16-,22-19-,28-24-/t38-,39+,40?,41?/m1/s1. The largest absolute Gasteiger partial charge is 0.480 e. The molecule has 3 unspecified atom stereocenters. The molecular formula is C44H74NO11P. The van der Waals surface area contributed by atoms with E-state index in [0.29, 0.717) is 31.5 Å². The molecule has 0 aliphatic carbocycles. The summed E-state index contributed by atoms with van der Waals surface area (Å²) in [4.78, 5) is 45.9. The van der Waals surface area contributed by atoms with Crippen molar-refractivity contribution >= 4 is 25.7 Å². The summed E-state index contributed by atoms with van der Waals surface area (Å²) >= 11 is 0. The summed E-state index contributed by atoms with van der Waals surface area (Å²) in [6.07, 6.45) is 41.8. The van der Waals surface area contributed by atoms with Crippen LogP contribution in [-0.4, -0.2) is 72.1 Å². The smallest absolute Gasteiger partial charge is 0.472 e. The fourth-order valence-electron chi connectivity index (χ4n) is 5.65. The molecule has 57 heavy (non-hydrogen) atoms. The predicted octanol–water partition coefficient (Wildman–Crippen LogP) is 10.2. The zero-order chi connectivity index (χ0) is 41.8. The summed E-state index contributed by atoms with van der Waals surface area (Å²) in [6, 6.07) is -1.54. The Bertz CT molecular complexity index is 1260. The van der Waals surface area contributed by atoms with Crippen LogP contribution in [0.2, 0.25) is 0 Å². The van der Waals surface area contributed by atoms with E-state index in [0.717, 1.165) is 64.2 Å². The number of unbranched alkanes of at least 4 members (excludes halogenated alkanes) is 11. The van der Waals surface area contributed by atoms with Crippen LogP contribution in [0.3, 0.4) is 0 Å². The molecule has 1 aliphatic heterocycles. The third kappa shape index (κ3) is 32.8. The summed E-state index contributed by atoms with van der Waals surface area (Å²) in [6.45, 7) is 2.65. The van der Waals surface area contributed by atoms with E-state index in [1.165, 1.54) is 44.9 Å². The maximum Gasteiger partial charge on any atom is 0.472 e. The normalized spacial score (nSPS) is 17.9. The molecule has 13 heteroatoms. The molecule has 0 aromatic heterocycles. The first-order valence-corrected chi connectivity index (χ1v) is 22.9. The molecule has 326 valence electrons. The van der Waals surface area contributed by atoms with Crippen molar-refractivity contribution in [2.75, 3.05) is 19.8 Å². The van der Waals surface area contributed by atoms with Gasteiger partial charge < -0.3 is 29.9 Å². The van der Waals surface area contributed by atoms with Gasteiger partial charge in [-0.1, -0.05) is 126 Å². The van der Waals surface area contributed by atoms with Crippen LogP contribution in [0, 0.1) is 0 Å². The van der Waals surface area contributed by atoms with Crippen LogP contribution in [-0.2, 0) is 42.2 Å². The van der Waals surface area contributed by atoms with Crippen LogP contribution in [0.5, 0.6) is 0 Å². The van der Waals surface area contributed by atoms with Crippen LogP contribution in [0.15, 0.2) is 60.8 Å². The van der Waals surface area contributed by atoms with Gasteiger partial charge in [-0.05, 0) is 77.0 Å². The molecule has 1 fully saturated rings. The first kappa shape index (κ1) is 52.2. The molecular weight excluding hydrogens is 749 g/mol. The topological polar surface area (TPSA) is 184 Å². The van der Waals surface area contributed by atoms with Crippen molar-refractivity contribution in [1.29, 1.82) is 0 Å². The molecule has 0 saturated carbocycles. The highest BCUT2D eigenvalue weighted by molar-refractivity contribution is 7.47. The molecule has 0 aromatic rings. The molecule has 12 nitrogen and oxygen atoms in total. The van der Waals surface area contributed by atoms with E-state index in [-0.39, 0.29) is 19.4 Å². The number of nitrogens with two attached hydrogens (primary N) is 1. The number of hydrogen-bond donors (Lipinski definition) is 3. The third-order valence-corrected chi connectivity index (χ3v) is 10.1. The average molecular weight is 824 g/mol. The first-order chi connectivity index (χ1) is 27.6. The van der Waals surface area contributed by atoms with Crippen molar-refractivity contribution in [2.45, 2.75) is 179 Å². The lowest BCUT2D eigenvalue weighted by Gasteiger charge is -2.20.